The number of nitrogens with one attached hydrogen (secondary N) is 4. The minimum Gasteiger partial charge on any atom is -0.474 e. The smallest absolute Gasteiger partial charge is 0.234 e. The van der Waals surface area contributed by atoms with Gasteiger partial charge >= 0.3 is 0 Å². The fourth-order valence-electron chi connectivity index (χ4n) is 2.78. The van der Waals surface area contributed by atoms with Crippen LogP contribution >= 0.6 is 11.6 Å². The van der Waals surface area contributed by atoms with Gasteiger partial charge in [-0.15, -0.1) is 5.10 Å². The summed E-state index contributed by atoms with van der Waals surface area (Å²) in [5, 5.41) is 16.9. The van der Waals surface area contributed by atoms with Crippen LogP contribution in [-0.2, 0) is 0 Å². The quantitative estimate of drug-likeness (QED) is 0.324. The Morgan fingerprint density at radius 3 is 2.52 bits per heavy atom. The zero-order valence-corrected chi connectivity index (χ0v) is 18.7. The van der Waals surface area contributed by atoms with Crippen LogP contribution in [0.4, 0.5) is 27.8 Å². The molecule has 2 aromatic heterocycles. The van der Waals surface area contributed by atoms with Gasteiger partial charge in [0.25, 0.3) is 0 Å². The summed E-state index contributed by atoms with van der Waals surface area (Å²) in [5.41, 5.74) is 0.904. The maximum atomic E-state index is 13.2. The molecule has 0 fully saturated rings. The molecule has 31 heavy (non-hydrogen) atoms. The number of hydrogen-bond donors (Lipinski definition) is 4. The summed E-state index contributed by atoms with van der Waals surface area (Å²) in [7, 11) is 0. The molecule has 1 atom stereocenters. The first-order valence-electron chi connectivity index (χ1n) is 10.2. The summed E-state index contributed by atoms with van der Waals surface area (Å²) >= 11 is 6.54. The number of H-pyrrole nitrogens is 1. The number of halogens is 2. The molecule has 0 radical (unpaired) electrons. The molecule has 0 aliphatic carbocycles. The molecular formula is C21H27ClFN7O. The van der Waals surface area contributed by atoms with Crippen molar-refractivity contribution in [1.29, 1.82) is 0 Å². The van der Waals surface area contributed by atoms with Crippen molar-refractivity contribution < 1.29 is 9.13 Å². The lowest BCUT2D eigenvalue weighted by Crippen LogP contribution is -2.13. The highest BCUT2D eigenvalue weighted by atomic mass is 35.5. The van der Waals surface area contributed by atoms with Crippen molar-refractivity contribution in [3.8, 4) is 5.88 Å². The van der Waals surface area contributed by atoms with E-state index < -0.39 is 0 Å². The number of rotatable bonds is 10. The average molecular weight is 448 g/mol. The highest BCUT2D eigenvalue weighted by Crippen LogP contribution is 2.32. The lowest BCUT2D eigenvalue weighted by atomic mass is 10.1. The number of nitrogens with zero attached hydrogens (tertiary/aromatic N) is 3. The van der Waals surface area contributed by atoms with Gasteiger partial charge in [-0.1, -0.05) is 30.7 Å². The van der Waals surface area contributed by atoms with E-state index in [1.165, 1.54) is 12.1 Å². The first-order valence-corrected chi connectivity index (χ1v) is 10.6. The zero-order valence-electron chi connectivity index (χ0n) is 18.0. The summed E-state index contributed by atoms with van der Waals surface area (Å²) < 4.78 is 18.8. The molecule has 10 heteroatoms. The molecule has 3 rings (SSSR count). The molecule has 0 saturated carbocycles. The SMILES string of the molecule is CCCNc1nc(N[C@@H](C)c2ccc(F)cc2)nc(Nc2cc(OC(C)C)n[nH]2)c1Cl. The monoisotopic (exact) mass is 447 g/mol. The van der Waals surface area contributed by atoms with Gasteiger partial charge in [0.15, 0.2) is 11.6 Å². The third-order valence-corrected chi connectivity index (χ3v) is 4.63. The average Bonchev–Trinajstić information content (AvgIpc) is 3.15. The zero-order chi connectivity index (χ0) is 22.4. The molecule has 0 aliphatic heterocycles. The Labute approximate surface area is 186 Å². The Morgan fingerprint density at radius 1 is 1.13 bits per heavy atom. The lowest BCUT2D eigenvalue weighted by molar-refractivity contribution is 0.232. The Morgan fingerprint density at radius 2 is 1.84 bits per heavy atom. The Hall–Kier alpha value is -3.07. The van der Waals surface area contributed by atoms with Gasteiger partial charge in [-0.3, -0.25) is 5.10 Å². The van der Waals surface area contributed by atoms with Crippen molar-refractivity contribution >= 4 is 35.0 Å². The molecule has 0 unspecified atom stereocenters. The third kappa shape index (κ3) is 6.21. The van der Waals surface area contributed by atoms with Gasteiger partial charge in [0.05, 0.1) is 12.1 Å². The summed E-state index contributed by atoms with van der Waals surface area (Å²) in [5.74, 6) is 2.06. The molecular weight excluding hydrogens is 421 g/mol. The molecule has 3 aromatic rings. The van der Waals surface area contributed by atoms with Crippen molar-refractivity contribution in [3.63, 3.8) is 0 Å². The lowest BCUT2D eigenvalue weighted by Gasteiger charge is -2.17. The van der Waals surface area contributed by atoms with E-state index in [1.54, 1.807) is 18.2 Å². The highest BCUT2D eigenvalue weighted by molar-refractivity contribution is 6.35. The maximum absolute atomic E-state index is 13.2. The van der Waals surface area contributed by atoms with Gasteiger partial charge in [-0.25, -0.2) is 4.39 Å². The van der Waals surface area contributed by atoms with E-state index in [2.05, 4.69) is 43.0 Å². The van der Waals surface area contributed by atoms with Gasteiger partial charge in [0.1, 0.15) is 16.7 Å². The summed E-state index contributed by atoms with van der Waals surface area (Å²) in [6.07, 6.45) is 0.918. The minimum atomic E-state index is -0.281. The molecule has 0 bridgehead atoms. The van der Waals surface area contributed by atoms with Crippen LogP contribution in [0.15, 0.2) is 30.3 Å². The highest BCUT2D eigenvalue weighted by Gasteiger charge is 2.16. The Bertz CT molecular complexity index is 994. The van der Waals surface area contributed by atoms with Gasteiger partial charge in [-0.2, -0.15) is 9.97 Å². The molecule has 0 saturated heterocycles. The van der Waals surface area contributed by atoms with Crippen LogP contribution in [0, 0.1) is 5.82 Å². The second-order valence-electron chi connectivity index (χ2n) is 7.31. The predicted octanol–water partition coefficient (Wildman–Crippen LogP) is 5.52. The molecule has 0 spiro atoms. The van der Waals surface area contributed by atoms with Crippen molar-refractivity contribution in [1.82, 2.24) is 20.2 Å². The van der Waals surface area contributed by atoms with Gasteiger partial charge in [0.2, 0.25) is 11.8 Å². The van der Waals surface area contributed by atoms with Gasteiger partial charge < -0.3 is 20.7 Å². The van der Waals surface area contributed by atoms with Crippen molar-refractivity contribution in [2.24, 2.45) is 0 Å². The van der Waals surface area contributed by atoms with E-state index in [9.17, 15) is 4.39 Å². The van der Waals surface area contributed by atoms with Crippen molar-refractivity contribution in [2.45, 2.75) is 46.3 Å². The van der Waals surface area contributed by atoms with Crippen LogP contribution in [-0.4, -0.2) is 32.8 Å². The molecule has 166 valence electrons. The minimum absolute atomic E-state index is 0.00684. The third-order valence-electron chi connectivity index (χ3n) is 4.27. The van der Waals surface area contributed by atoms with E-state index in [4.69, 9.17) is 16.3 Å². The summed E-state index contributed by atoms with van der Waals surface area (Å²) in [4.78, 5) is 9.03. The fraction of sp³-hybridized carbons (Fsp3) is 0.381. The molecule has 0 amide bonds. The fourth-order valence-corrected chi connectivity index (χ4v) is 2.98. The first kappa shape index (κ1) is 22.6. The van der Waals surface area contributed by atoms with Gasteiger partial charge in [0, 0.05) is 12.6 Å². The molecule has 4 N–H and O–H groups in total. The number of hydrogen-bond acceptors (Lipinski definition) is 7. The summed E-state index contributed by atoms with van der Waals surface area (Å²) in [6.45, 7) is 8.56. The van der Waals surface area contributed by atoms with Crippen LogP contribution in [0.25, 0.3) is 0 Å². The van der Waals surface area contributed by atoms with E-state index in [0.717, 1.165) is 12.0 Å². The summed E-state index contributed by atoms with van der Waals surface area (Å²) in [6, 6.07) is 7.87. The van der Waals surface area contributed by atoms with Crippen molar-refractivity contribution in [3.05, 3.63) is 46.7 Å². The Kier molecular flexibility index (Phi) is 7.51. The van der Waals surface area contributed by atoms with E-state index in [1.807, 2.05) is 20.8 Å². The van der Waals surface area contributed by atoms with E-state index in [0.29, 0.717) is 40.8 Å². The van der Waals surface area contributed by atoms with Gasteiger partial charge in [-0.05, 0) is 44.9 Å². The van der Waals surface area contributed by atoms with Crippen LogP contribution < -0.4 is 20.7 Å². The predicted molar refractivity (Wildman–Crippen MR) is 122 cm³/mol. The number of benzene rings is 1. The Balaban J connectivity index is 1.85. The first-order chi connectivity index (χ1) is 14.9. The topological polar surface area (TPSA) is 99.8 Å². The van der Waals surface area contributed by atoms with E-state index in [-0.39, 0.29) is 18.0 Å². The number of aromatic amines is 1. The molecule has 0 aliphatic rings. The number of aromatic nitrogens is 4. The van der Waals surface area contributed by atoms with Crippen LogP contribution in [0.1, 0.15) is 45.7 Å². The van der Waals surface area contributed by atoms with Crippen LogP contribution in [0.5, 0.6) is 5.88 Å². The molecule has 2 heterocycles. The second-order valence-corrected chi connectivity index (χ2v) is 7.69. The molecule has 8 nitrogen and oxygen atoms in total. The molecule has 1 aromatic carbocycles. The second kappa shape index (κ2) is 10.3. The van der Waals surface area contributed by atoms with Crippen molar-refractivity contribution in [2.75, 3.05) is 22.5 Å². The number of anilines is 4. The normalized spacial score (nSPS) is 12.0. The largest absolute Gasteiger partial charge is 0.474 e. The van der Waals surface area contributed by atoms with Crippen LogP contribution in [0.2, 0.25) is 5.02 Å². The maximum Gasteiger partial charge on any atom is 0.234 e. The number of ether oxygens (including phenoxy) is 1. The van der Waals surface area contributed by atoms with Crippen LogP contribution in [0.3, 0.4) is 0 Å². The van der Waals surface area contributed by atoms with E-state index >= 15 is 0 Å². The standard InChI is InChI=1S/C21H27ClFN7O/c1-5-10-24-19-18(22)20(26-16-11-17(30-29-16)31-12(2)3)28-21(27-19)25-13(4)14-6-8-15(23)9-7-14/h6-9,11-13H,5,10H2,1-4H3,(H4,24,25,26,27,28,29,30)/t13-/m0/s1.